The lowest BCUT2D eigenvalue weighted by Crippen LogP contribution is -2.32. The van der Waals surface area contributed by atoms with E-state index in [1.165, 1.54) is 7.11 Å². The molecule has 9 nitrogen and oxygen atoms in total. The number of anilines is 1. The van der Waals surface area contributed by atoms with Crippen molar-refractivity contribution < 1.29 is 33.3 Å². The van der Waals surface area contributed by atoms with E-state index in [0.717, 1.165) is 27.9 Å². The molecular weight excluding hydrogens is 544 g/mol. The molecule has 214 valence electrons. The predicted octanol–water partition coefficient (Wildman–Crippen LogP) is 5.96. The Kier molecular flexibility index (Phi) is 9.91. The summed E-state index contributed by atoms with van der Waals surface area (Å²) in [5.74, 6) is 1.42. The van der Waals surface area contributed by atoms with Crippen molar-refractivity contribution in [2.24, 2.45) is 0 Å². The molecule has 0 radical (unpaired) electrons. The van der Waals surface area contributed by atoms with Crippen molar-refractivity contribution in [3.63, 3.8) is 0 Å². The topological polar surface area (TPSA) is 103 Å². The summed E-state index contributed by atoms with van der Waals surface area (Å²) in [4.78, 5) is 39.5. The minimum Gasteiger partial charge on any atom is -0.493 e. The second kappa shape index (κ2) is 13.8. The van der Waals surface area contributed by atoms with Gasteiger partial charge in [0.15, 0.2) is 29.6 Å². The maximum Gasteiger partial charge on any atom is 0.293 e. The molecule has 0 saturated carbocycles. The van der Waals surface area contributed by atoms with E-state index in [1.54, 1.807) is 43.5 Å². The molecule has 0 bridgehead atoms. The number of hydrogen-bond donors (Lipinski definition) is 1. The fourth-order valence-electron chi connectivity index (χ4n) is 4.17. The zero-order valence-corrected chi connectivity index (χ0v) is 24.2. The van der Waals surface area contributed by atoms with Gasteiger partial charge in [-0.3, -0.25) is 19.3 Å². The standard InChI is InChI=1S/C31H32N2O7S/c1-20(2)22-9-5-6-10-23(22)32-29(34)19-40-26-14-13-21(17-27(26)38-4)18-28-30(35)33(31(36)41-28)15-16-39-25-12-8-7-11-24(25)37-3/h5-14,17-18,20H,15-16,19H2,1-4H3,(H,32,34)/b28-18-. The van der Waals surface area contributed by atoms with Crippen molar-refractivity contribution in [2.75, 3.05) is 39.3 Å². The number of hydrogen-bond acceptors (Lipinski definition) is 8. The number of rotatable bonds is 12. The first-order valence-corrected chi connectivity index (χ1v) is 13.8. The van der Waals surface area contributed by atoms with E-state index in [1.807, 2.05) is 36.4 Å². The van der Waals surface area contributed by atoms with Crippen LogP contribution in [0.15, 0.2) is 71.6 Å². The van der Waals surface area contributed by atoms with Crippen LogP contribution in [0.25, 0.3) is 6.08 Å². The SMILES string of the molecule is COc1ccccc1OCCN1C(=O)S/C(=C\c2ccc(OCC(=O)Nc3ccccc3C(C)C)c(OC)c2)C1=O. The van der Waals surface area contributed by atoms with Crippen LogP contribution in [-0.2, 0) is 9.59 Å². The molecule has 10 heteroatoms. The number of nitrogens with one attached hydrogen (secondary N) is 1. The van der Waals surface area contributed by atoms with E-state index in [9.17, 15) is 14.4 Å². The number of ether oxygens (including phenoxy) is 4. The normalized spacial score (nSPS) is 14.0. The zero-order chi connectivity index (χ0) is 29.4. The Bertz CT molecular complexity index is 1450. The third-order valence-electron chi connectivity index (χ3n) is 6.22. The molecule has 0 unspecified atom stereocenters. The Morgan fingerprint density at radius 1 is 0.902 bits per heavy atom. The van der Waals surface area contributed by atoms with Gasteiger partial charge in [0.05, 0.1) is 25.7 Å². The van der Waals surface area contributed by atoms with E-state index in [2.05, 4.69) is 19.2 Å². The van der Waals surface area contributed by atoms with Crippen molar-refractivity contribution in [2.45, 2.75) is 19.8 Å². The van der Waals surface area contributed by atoms with Crippen LogP contribution in [0, 0.1) is 0 Å². The smallest absolute Gasteiger partial charge is 0.293 e. The molecule has 1 fully saturated rings. The Labute approximate surface area is 243 Å². The summed E-state index contributed by atoms with van der Waals surface area (Å²) in [5, 5.41) is 2.52. The van der Waals surface area contributed by atoms with E-state index in [0.29, 0.717) is 28.6 Å². The van der Waals surface area contributed by atoms with Crippen molar-refractivity contribution in [1.29, 1.82) is 0 Å². The lowest BCUT2D eigenvalue weighted by Gasteiger charge is -2.15. The first kappa shape index (κ1) is 29.5. The summed E-state index contributed by atoms with van der Waals surface area (Å²) < 4.78 is 22.2. The summed E-state index contributed by atoms with van der Waals surface area (Å²) in [6.07, 6.45) is 1.62. The molecule has 41 heavy (non-hydrogen) atoms. The average molecular weight is 577 g/mol. The molecule has 3 aromatic carbocycles. The molecule has 1 aliphatic heterocycles. The molecule has 1 N–H and O–H groups in total. The zero-order valence-electron chi connectivity index (χ0n) is 23.3. The molecule has 0 spiro atoms. The van der Waals surface area contributed by atoms with Gasteiger partial charge in [-0.2, -0.15) is 0 Å². The third-order valence-corrected chi connectivity index (χ3v) is 7.12. The minimum absolute atomic E-state index is 0.0971. The first-order chi connectivity index (χ1) is 19.8. The summed E-state index contributed by atoms with van der Waals surface area (Å²) in [6, 6.07) is 19.9. The van der Waals surface area contributed by atoms with E-state index >= 15 is 0 Å². The van der Waals surface area contributed by atoms with Gasteiger partial charge in [0.2, 0.25) is 0 Å². The number of imide groups is 1. The van der Waals surface area contributed by atoms with E-state index in [-0.39, 0.29) is 41.7 Å². The lowest BCUT2D eigenvalue weighted by atomic mass is 10.0. The van der Waals surface area contributed by atoms with Gasteiger partial charge in [0.25, 0.3) is 17.1 Å². The Hall–Kier alpha value is -4.44. The summed E-state index contributed by atoms with van der Waals surface area (Å²) in [5.41, 5.74) is 2.43. The van der Waals surface area contributed by atoms with E-state index < -0.39 is 5.91 Å². The molecule has 1 saturated heterocycles. The molecule has 3 aromatic rings. The summed E-state index contributed by atoms with van der Waals surface area (Å²) in [7, 11) is 3.03. The Morgan fingerprint density at radius 2 is 1.59 bits per heavy atom. The second-order valence-corrected chi connectivity index (χ2v) is 10.3. The van der Waals surface area contributed by atoms with Gasteiger partial charge in [-0.15, -0.1) is 0 Å². The number of thioether (sulfide) groups is 1. The van der Waals surface area contributed by atoms with E-state index in [4.69, 9.17) is 18.9 Å². The number of methoxy groups -OCH3 is 2. The minimum atomic E-state index is -0.402. The maximum atomic E-state index is 12.9. The maximum absolute atomic E-state index is 12.9. The van der Waals surface area contributed by atoms with Crippen molar-refractivity contribution in [3.05, 3.63) is 82.8 Å². The van der Waals surface area contributed by atoms with Crippen LogP contribution < -0.4 is 24.3 Å². The molecule has 3 amide bonds. The number of nitrogens with zero attached hydrogens (tertiary/aromatic N) is 1. The van der Waals surface area contributed by atoms with Crippen molar-refractivity contribution >= 4 is 40.6 Å². The quantitative estimate of drug-likeness (QED) is 0.264. The molecule has 0 aliphatic carbocycles. The van der Waals surface area contributed by atoms with Crippen LogP contribution in [0.2, 0.25) is 0 Å². The van der Waals surface area contributed by atoms with Crippen LogP contribution >= 0.6 is 11.8 Å². The monoisotopic (exact) mass is 576 g/mol. The second-order valence-electron chi connectivity index (χ2n) is 9.32. The number of para-hydroxylation sites is 3. The Balaban J connectivity index is 1.36. The molecule has 1 aliphatic rings. The number of amides is 3. The van der Waals surface area contributed by atoms with Crippen molar-refractivity contribution in [3.8, 4) is 23.0 Å². The van der Waals surface area contributed by atoms with Gasteiger partial charge < -0.3 is 24.3 Å². The largest absolute Gasteiger partial charge is 0.493 e. The van der Waals surface area contributed by atoms with Gasteiger partial charge >= 0.3 is 0 Å². The molecule has 0 atom stereocenters. The van der Waals surface area contributed by atoms with Gasteiger partial charge in [-0.25, -0.2) is 0 Å². The van der Waals surface area contributed by atoms with Crippen molar-refractivity contribution in [1.82, 2.24) is 4.90 Å². The highest BCUT2D eigenvalue weighted by atomic mass is 32.2. The highest BCUT2D eigenvalue weighted by Crippen LogP contribution is 2.35. The summed E-state index contributed by atoms with van der Waals surface area (Å²) >= 11 is 0.860. The van der Waals surface area contributed by atoms with Crippen LogP contribution in [0.3, 0.4) is 0 Å². The number of benzene rings is 3. The van der Waals surface area contributed by atoms with Crippen LogP contribution in [0.4, 0.5) is 10.5 Å². The predicted molar refractivity (Wildman–Crippen MR) is 159 cm³/mol. The highest BCUT2D eigenvalue weighted by molar-refractivity contribution is 8.18. The fraction of sp³-hybridized carbons (Fsp3) is 0.258. The molecular formula is C31H32N2O7S. The highest BCUT2D eigenvalue weighted by Gasteiger charge is 2.35. The third kappa shape index (κ3) is 7.40. The van der Waals surface area contributed by atoms with Gasteiger partial charge in [0.1, 0.15) is 6.61 Å². The molecule has 4 rings (SSSR count). The van der Waals surface area contributed by atoms with Crippen LogP contribution in [0.5, 0.6) is 23.0 Å². The van der Waals surface area contributed by atoms with Gasteiger partial charge in [0, 0.05) is 5.69 Å². The summed E-state index contributed by atoms with van der Waals surface area (Å²) in [6.45, 7) is 4.14. The lowest BCUT2D eigenvalue weighted by molar-refractivity contribution is -0.123. The Morgan fingerprint density at radius 3 is 2.32 bits per heavy atom. The van der Waals surface area contributed by atoms with Crippen LogP contribution in [-0.4, -0.2) is 55.9 Å². The fourth-order valence-corrected chi connectivity index (χ4v) is 5.03. The van der Waals surface area contributed by atoms with Gasteiger partial charge in [-0.1, -0.05) is 50.2 Å². The van der Waals surface area contributed by atoms with Crippen LogP contribution in [0.1, 0.15) is 30.9 Å². The number of carbonyl (C=O) groups is 3. The molecule has 0 aromatic heterocycles. The first-order valence-electron chi connectivity index (χ1n) is 13.0. The number of carbonyl (C=O) groups excluding carboxylic acids is 3. The average Bonchev–Trinajstić information content (AvgIpc) is 3.24. The van der Waals surface area contributed by atoms with Gasteiger partial charge in [-0.05, 0) is 65.2 Å². The molecule has 1 heterocycles.